The zero-order chi connectivity index (χ0) is 16.5. The Labute approximate surface area is 126 Å². The highest BCUT2D eigenvalue weighted by atomic mass is 32.2. The highest BCUT2D eigenvalue weighted by Gasteiger charge is 2.27. The molecule has 1 amide bonds. The van der Waals surface area contributed by atoms with Crippen LogP contribution in [0, 0.1) is 11.6 Å². The van der Waals surface area contributed by atoms with E-state index in [9.17, 15) is 22.0 Å². The number of halogens is 2. The fraction of sp³-hybridized carbons (Fsp3) is 0.0714. The highest BCUT2D eigenvalue weighted by molar-refractivity contribution is 7.92. The summed E-state index contributed by atoms with van der Waals surface area (Å²) in [5.41, 5.74) is 5.11. The van der Waals surface area contributed by atoms with Gasteiger partial charge >= 0.3 is 0 Å². The number of anilines is 1. The summed E-state index contributed by atoms with van der Waals surface area (Å²) in [5, 5.41) is 0. The average molecular weight is 326 g/mol. The van der Waals surface area contributed by atoms with Crippen molar-refractivity contribution in [3.8, 4) is 0 Å². The molecule has 0 saturated carbocycles. The van der Waals surface area contributed by atoms with Crippen LogP contribution in [0.4, 0.5) is 14.5 Å². The fourth-order valence-electron chi connectivity index (χ4n) is 1.91. The quantitative estimate of drug-likeness (QED) is 0.931. The van der Waals surface area contributed by atoms with Gasteiger partial charge in [0.2, 0.25) is 0 Å². The molecule has 2 N–H and O–H groups in total. The lowest BCUT2D eigenvalue weighted by atomic mass is 10.2. The van der Waals surface area contributed by atoms with Crippen LogP contribution in [0.3, 0.4) is 0 Å². The van der Waals surface area contributed by atoms with Crippen molar-refractivity contribution in [3.05, 3.63) is 59.7 Å². The SMILES string of the molecule is CN(c1ccccc1C(N)=O)S(=O)(=O)c1cc(F)ccc1F. The summed E-state index contributed by atoms with van der Waals surface area (Å²) in [5.74, 6) is -2.82. The van der Waals surface area contributed by atoms with Crippen LogP contribution in [0.5, 0.6) is 0 Å². The van der Waals surface area contributed by atoms with Crippen LogP contribution in [0.1, 0.15) is 10.4 Å². The van der Waals surface area contributed by atoms with E-state index in [0.717, 1.165) is 19.2 Å². The second kappa shape index (κ2) is 5.72. The largest absolute Gasteiger partial charge is 0.366 e. The minimum atomic E-state index is -4.39. The number of carbonyl (C=O) groups excluding carboxylic acids is 1. The lowest BCUT2D eigenvalue weighted by Gasteiger charge is -2.21. The smallest absolute Gasteiger partial charge is 0.267 e. The molecule has 8 heteroatoms. The molecule has 0 radical (unpaired) electrons. The van der Waals surface area contributed by atoms with E-state index >= 15 is 0 Å². The third-order valence-corrected chi connectivity index (χ3v) is 4.83. The maximum atomic E-state index is 13.7. The molecule has 0 aliphatic heterocycles. The number of carbonyl (C=O) groups is 1. The van der Waals surface area contributed by atoms with E-state index in [4.69, 9.17) is 5.73 Å². The van der Waals surface area contributed by atoms with E-state index in [0.29, 0.717) is 10.4 Å². The van der Waals surface area contributed by atoms with Crippen molar-refractivity contribution in [2.45, 2.75) is 4.90 Å². The Morgan fingerprint density at radius 1 is 1.14 bits per heavy atom. The van der Waals surface area contributed by atoms with Crippen molar-refractivity contribution in [1.29, 1.82) is 0 Å². The maximum Gasteiger partial charge on any atom is 0.267 e. The van der Waals surface area contributed by atoms with Crippen molar-refractivity contribution < 1.29 is 22.0 Å². The molecule has 0 heterocycles. The number of nitrogens with two attached hydrogens (primary N) is 1. The topological polar surface area (TPSA) is 80.5 Å². The van der Waals surface area contributed by atoms with Crippen LogP contribution in [0.15, 0.2) is 47.4 Å². The monoisotopic (exact) mass is 326 g/mol. The predicted octanol–water partition coefficient (Wildman–Crippen LogP) is 1.89. The normalized spacial score (nSPS) is 11.2. The molecular weight excluding hydrogens is 314 g/mol. The van der Waals surface area contributed by atoms with Gasteiger partial charge in [0.25, 0.3) is 15.9 Å². The molecule has 116 valence electrons. The standard InChI is InChI=1S/C14H12F2N2O3S/c1-18(12-5-3-2-4-10(12)14(17)19)22(20,21)13-8-9(15)6-7-11(13)16/h2-8H,1H3,(H2,17,19). The Morgan fingerprint density at radius 3 is 2.41 bits per heavy atom. The first-order valence-electron chi connectivity index (χ1n) is 6.08. The zero-order valence-corrected chi connectivity index (χ0v) is 12.3. The summed E-state index contributed by atoms with van der Waals surface area (Å²) >= 11 is 0. The van der Waals surface area contributed by atoms with Gasteiger partial charge in [-0.05, 0) is 30.3 Å². The number of para-hydroxylation sites is 1. The fourth-order valence-corrected chi connectivity index (χ4v) is 3.20. The van der Waals surface area contributed by atoms with Gasteiger partial charge in [0, 0.05) is 7.05 Å². The van der Waals surface area contributed by atoms with Gasteiger partial charge < -0.3 is 5.73 Å². The second-order valence-corrected chi connectivity index (χ2v) is 6.37. The molecule has 0 aliphatic rings. The average Bonchev–Trinajstić information content (AvgIpc) is 2.48. The number of hydrogen-bond acceptors (Lipinski definition) is 3. The van der Waals surface area contributed by atoms with Crippen molar-refractivity contribution in [2.24, 2.45) is 5.73 Å². The highest BCUT2D eigenvalue weighted by Crippen LogP contribution is 2.27. The molecule has 22 heavy (non-hydrogen) atoms. The molecule has 2 rings (SSSR count). The number of amides is 1. The summed E-state index contributed by atoms with van der Waals surface area (Å²) in [7, 11) is -3.26. The van der Waals surface area contributed by atoms with E-state index in [-0.39, 0.29) is 11.3 Å². The van der Waals surface area contributed by atoms with Gasteiger partial charge in [0.05, 0.1) is 11.3 Å². The Bertz CT molecular complexity index is 838. The third kappa shape index (κ3) is 2.77. The van der Waals surface area contributed by atoms with Crippen LogP contribution in [-0.4, -0.2) is 21.4 Å². The molecule has 5 nitrogen and oxygen atoms in total. The molecule has 0 saturated heterocycles. The van der Waals surface area contributed by atoms with Crippen LogP contribution in [-0.2, 0) is 10.0 Å². The number of nitrogens with zero attached hydrogens (tertiary/aromatic N) is 1. The van der Waals surface area contributed by atoms with Gasteiger partial charge in [0.1, 0.15) is 16.5 Å². The number of hydrogen-bond donors (Lipinski definition) is 1. The number of rotatable bonds is 4. The third-order valence-electron chi connectivity index (χ3n) is 3.04. The second-order valence-electron chi connectivity index (χ2n) is 4.43. The van der Waals surface area contributed by atoms with E-state index < -0.39 is 32.5 Å². The van der Waals surface area contributed by atoms with E-state index in [1.54, 1.807) is 0 Å². The first-order valence-corrected chi connectivity index (χ1v) is 7.52. The first kappa shape index (κ1) is 15.9. The summed E-state index contributed by atoms with van der Waals surface area (Å²) < 4.78 is 52.5. The zero-order valence-electron chi connectivity index (χ0n) is 11.5. The van der Waals surface area contributed by atoms with Gasteiger partial charge in [0.15, 0.2) is 0 Å². The van der Waals surface area contributed by atoms with Gasteiger partial charge in [-0.3, -0.25) is 9.10 Å². The number of primary amides is 1. The van der Waals surface area contributed by atoms with Crippen molar-refractivity contribution >= 4 is 21.6 Å². The molecule has 0 fully saturated rings. The summed E-state index contributed by atoms with van der Waals surface area (Å²) in [6.07, 6.45) is 0. The van der Waals surface area contributed by atoms with E-state index in [1.807, 2.05) is 0 Å². The van der Waals surface area contributed by atoms with Crippen LogP contribution in [0.25, 0.3) is 0 Å². The molecule has 2 aromatic carbocycles. The Kier molecular flexibility index (Phi) is 4.14. The molecule has 2 aromatic rings. The Hall–Kier alpha value is -2.48. The molecule has 0 bridgehead atoms. The lowest BCUT2D eigenvalue weighted by Crippen LogP contribution is -2.29. The van der Waals surface area contributed by atoms with Gasteiger partial charge in [-0.15, -0.1) is 0 Å². The van der Waals surface area contributed by atoms with E-state index in [2.05, 4.69) is 0 Å². The van der Waals surface area contributed by atoms with Crippen molar-refractivity contribution in [3.63, 3.8) is 0 Å². The lowest BCUT2D eigenvalue weighted by molar-refractivity contribution is 0.100. The molecule has 0 unspecified atom stereocenters. The number of sulfonamides is 1. The van der Waals surface area contributed by atoms with Crippen molar-refractivity contribution in [1.82, 2.24) is 0 Å². The van der Waals surface area contributed by atoms with Crippen LogP contribution in [0.2, 0.25) is 0 Å². The molecular formula is C14H12F2N2O3S. The van der Waals surface area contributed by atoms with E-state index in [1.165, 1.54) is 24.3 Å². The Balaban J connectivity index is 2.60. The molecule has 0 aromatic heterocycles. The Morgan fingerprint density at radius 2 is 1.77 bits per heavy atom. The summed E-state index contributed by atoms with van der Waals surface area (Å²) in [6.45, 7) is 0. The minimum Gasteiger partial charge on any atom is -0.366 e. The molecule has 0 spiro atoms. The van der Waals surface area contributed by atoms with Gasteiger partial charge in [-0.25, -0.2) is 17.2 Å². The summed E-state index contributed by atoms with van der Waals surface area (Å²) in [4.78, 5) is 10.6. The van der Waals surface area contributed by atoms with Crippen molar-refractivity contribution in [2.75, 3.05) is 11.4 Å². The van der Waals surface area contributed by atoms with Gasteiger partial charge in [-0.1, -0.05) is 12.1 Å². The predicted molar refractivity (Wildman–Crippen MR) is 76.9 cm³/mol. The molecule has 0 aliphatic carbocycles. The van der Waals surface area contributed by atoms with Gasteiger partial charge in [-0.2, -0.15) is 0 Å². The van der Waals surface area contributed by atoms with Crippen LogP contribution < -0.4 is 10.0 Å². The maximum absolute atomic E-state index is 13.7. The minimum absolute atomic E-state index is 0.0290. The summed E-state index contributed by atoms with van der Waals surface area (Å²) in [6, 6.07) is 7.79. The molecule has 0 atom stereocenters. The van der Waals surface area contributed by atoms with Crippen LogP contribution >= 0.6 is 0 Å². The number of benzene rings is 2. The first-order chi connectivity index (χ1) is 10.2.